The van der Waals surface area contributed by atoms with Gasteiger partial charge in [-0.2, -0.15) is 0 Å². The zero-order valence-corrected chi connectivity index (χ0v) is 18.4. The molecule has 0 spiro atoms. The molecule has 33 heavy (non-hydrogen) atoms. The maximum Gasteiger partial charge on any atom is 0.254 e. The van der Waals surface area contributed by atoms with E-state index in [2.05, 4.69) is 9.97 Å². The van der Waals surface area contributed by atoms with Gasteiger partial charge in [0.15, 0.2) is 11.5 Å². The lowest BCUT2D eigenvalue weighted by Gasteiger charge is -2.32. The topological polar surface area (TPSA) is 94.2 Å². The number of rotatable bonds is 4. The fraction of sp³-hybridized carbons (Fsp3) is 0.231. The number of nitrogens with two attached hydrogens (primary N) is 1. The molecule has 0 radical (unpaired) electrons. The van der Waals surface area contributed by atoms with Crippen molar-refractivity contribution in [2.24, 2.45) is 0 Å². The molecule has 2 aromatic heterocycles. The zero-order chi connectivity index (χ0) is 22.8. The van der Waals surface area contributed by atoms with Gasteiger partial charge in [-0.25, -0.2) is 15.0 Å². The highest BCUT2D eigenvalue weighted by molar-refractivity contribution is 5.94. The van der Waals surface area contributed by atoms with Gasteiger partial charge in [0.1, 0.15) is 11.6 Å². The van der Waals surface area contributed by atoms with Gasteiger partial charge in [-0.15, -0.1) is 0 Å². The SMILES string of the molecule is COc1cccc(C(=O)N2CCC[C@@H](c3ccc4c(N)nc(-c5ccccc5)nc4n3)C2)c1. The lowest BCUT2D eigenvalue weighted by molar-refractivity contribution is 0.0705. The lowest BCUT2D eigenvalue weighted by atomic mass is 9.93. The van der Waals surface area contributed by atoms with Gasteiger partial charge in [-0.05, 0) is 43.2 Å². The minimum atomic E-state index is 0.0114. The van der Waals surface area contributed by atoms with E-state index in [0.717, 1.165) is 36.0 Å². The van der Waals surface area contributed by atoms with Crippen LogP contribution in [-0.4, -0.2) is 46.0 Å². The van der Waals surface area contributed by atoms with Crippen LogP contribution in [0.25, 0.3) is 22.4 Å². The Balaban J connectivity index is 1.42. The summed E-state index contributed by atoms with van der Waals surface area (Å²) in [7, 11) is 1.60. The van der Waals surface area contributed by atoms with Crippen LogP contribution in [0, 0.1) is 0 Å². The van der Waals surface area contributed by atoms with E-state index in [1.807, 2.05) is 65.6 Å². The third-order valence-corrected chi connectivity index (χ3v) is 6.09. The van der Waals surface area contributed by atoms with E-state index in [1.165, 1.54) is 0 Å². The molecule has 1 fully saturated rings. The molecule has 1 saturated heterocycles. The fourth-order valence-electron chi connectivity index (χ4n) is 4.33. The molecule has 0 saturated carbocycles. The first kappa shape index (κ1) is 20.9. The summed E-state index contributed by atoms with van der Waals surface area (Å²) in [5, 5.41) is 0.735. The van der Waals surface area contributed by atoms with Crippen LogP contribution in [0.15, 0.2) is 66.7 Å². The van der Waals surface area contributed by atoms with Gasteiger partial charge in [0.25, 0.3) is 5.91 Å². The number of carbonyl (C=O) groups excluding carboxylic acids is 1. The van der Waals surface area contributed by atoms with Crippen molar-refractivity contribution < 1.29 is 9.53 Å². The first-order valence-corrected chi connectivity index (χ1v) is 11.1. The normalized spacial score (nSPS) is 16.0. The van der Waals surface area contributed by atoms with Crippen molar-refractivity contribution in [3.8, 4) is 17.1 Å². The number of ether oxygens (including phenoxy) is 1. The van der Waals surface area contributed by atoms with E-state index in [1.54, 1.807) is 13.2 Å². The molecule has 2 aromatic carbocycles. The minimum Gasteiger partial charge on any atom is -0.497 e. The molecule has 2 N–H and O–H groups in total. The standard InChI is InChI=1S/C26H25N5O2/c1-33-20-11-5-9-18(15-20)26(32)31-14-6-10-19(16-31)22-13-12-21-23(27)29-24(30-25(21)28-22)17-7-3-2-4-8-17/h2-5,7-9,11-13,15,19H,6,10,14,16H2,1H3,(H2,27,28,29,30)/t19-/m1/s1. The van der Waals surface area contributed by atoms with Crippen molar-refractivity contribution in [2.45, 2.75) is 18.8 Å². The number of aromatic nitrogens is 3. The molecule has 0 unspecified atom stereocenters. The maximum atomic E-state index is 13.1. The fourth-order valence-corrected chi connectivity index (χ4v) is 4.33. The molecule has 7 nitrogen and oxygen atoms in total. The zero-order valence-electron chi connectivity index (χ0n) is 18.4. The quantitative estimate of drug-likeness (QED) is 0.509. The van der Waals surface area contributed by atoms with Crippen molar-refractivity contribution >= 4 is 22.8 Å². The Morgan fingerprint density at radius 2 is 1.88 bits per heavy atom. The van der Waals surface area contributed by atoms with Crippen LogP contribution >= 0.6 is 0 Å². The number of amides is 1. The smallest absolute Gasteiger partial charge is 0.254 e. The highest BCUT2D eigenvalue weighted by atomic mass is 16.5. The van der Waals surface area contributed by atoms with Gasteiger partial charge in [-0.3, -0.25) is 4.79 Å². The Labute approximate surface area is 192 Å². The van der Waals surface area contributed by atoms with Crippen LogP contribution in [0.5, 0.6) is 5.75 Å². The number of fused-ring (bicyclic) bond motifs is 1. The number of anilines is 1. The summed E-state index contributed by atoms with van der Waals surface area (Å²) < 4.78 is 5.27. The number of hydrogen-bond acceptors (Lipinski definition) is 6. The van der Waals surface area contributed by atoms with Crippen LogP contribution in [0.4, 0.5) is 5.82 Å². The number of carbonyl (C=O) groups is 1. The van der Waals surface area contributed by atoms with Gasteiger partial charge in [0, 0.05) is 35.8 Å². The van der Waals surface area contributed by atoms with E-state index in [-0.39, 0.29) is 11.8 Å². The van der Waals surface area contributed by atoms with E-state index in [4.69, 9.17) is 15.5 Å². The number of nitrogen functional groups attached to an aromatic ring is 1. The van der Waals surface area contributed by atoms with E-state index < -0.39 is 0 Å². The molecule has 4 aromatic rings. The summed E-state index contributed by atoms with van der Waals surface area (Å²) in [5.41, 5.74) is 9.24. The second-order valence-electron chi connectivity index (χ2n) is 8.23. The van der Waals surface area contributed by atoms with Crippen molar-refractivity contribution in [1.29, 1.82) is 0 Å². The number of nitrogens with zero attached hydrogens (tertiary/aromatic N) is 4. The third-order valence-electron chi connectivity index (χ3n) is 6.09. The molecular weight excluding hydrogens is 414 g/mol. The Bertz CT molecular complexity index is 1310. The Morgan fingerprint density at radius 3 is 2.70 bits per heavy atom. The van der Waals surface area contributed by atoms with Crippen LogP contribution in [0.1, 0.15) is 34.8 Å². The molecule has 1 aliphatic rings. The first-order chi connectivity index (χ1) is 16.1. The lowest BCUT2D eigenvalue weighted by Crippen LogP contribution is -2.39. The van der Waals surface area contributed by atoms with Gasteiger partial charge in [0.2, 0.25) is 0 Å². The van der Waals surface area contributed by atoms with Gasteiger partial charge < -0.3 is 15.4 Å². The summed E-state index contributed by atoms with van der Waals surface area (Å²) in [6.45, 7) is 1.34. The molecule has 3 heterocycles. The third kappa shape index (κ3) is 4.22. The molecule has 1 atom stereocenters. The van der Waals surface area contributed by atoms with Crippen molar-refractivity contribution in [1.82, 2.24) is 19.9 Å². The molecule has 0 aliphatic carbocycles. The monoisotopic (exact) mass is 439 g/mol. The molecule has 5 rings (SSSR count). The molecule has 7 heteroatoms. The Hall–Kier alpha value is -4.00. The van der Waals surface area contributed by atoms with Crippen LogP contribution in [0.3, 0.4) is 0 Å². The molecule has 166 valence electrons. The van der Waals surface area contributed by atoms with Crippen LogP contribution < -0.4 is 10.5 Å². The molecular formula is C26H25N5O2. The Morgan fingerprint density at radius 1 is 1.03 bits per heavy atom. The summed E-state index contributed by atoms with van der Waals surface area (Å²) in [4.78, 5) is 29.0. The van der Waals surface area contributed by atoms with Gasteiger partial charge >= 0.3 is 0 Å². The summed E-state index contributed by atoms with van der Waals surface area (Å²) >= 11 is 0. The number of benzene rings is 2. The van der Waals surface area contributed by atoms with Gasteiger partial charge in [0.05, 0.1) is 12.5 Å². The molecule has 0 bridgehead atoms. The average molecular weight is 440 g/mol. The van der Waals surface area contributed by atoms with E-state index in [9.17, 15) is 4.79 Å². The number of piperidine rings is 1. The highest BCUT2D eigenvalue weighted by Crippen LogP contribution is 2.30. The van der Waals surface area contributed by atoms with Crippen molar-refractivity contribution in [3.05, 3.63) is 78.0 Å². The number of hydrogen-bond donors (Lipinski definition) is 1. The van der Waals surface area contributed by atoms with E-state index in [0.29, 0.717) is 35.1 Å². The summed E-state index contributed by atoms with van der Waals surface area (Å²) in [6.07, 6.45) is 1.88. The molecule has 1 aliphatic heterocycles. The summed E-state index contributed by atoms with van der Waals surface area (Å²) in [5.74, 6) is 1.79. The second-order valence-corrected chi connectivity index (χ2v) is 8.23. The van der Waals surface area contributed by atoms with Crippen molar-refractivity contribution in [2.75, 3.05) is 25.9 Å². The van der Waals surface area contributed by atoms with E-state index >= 15 is 0 Å². The first-order valence-electron chi connectivity index (χ1n) is 11.1. The van der Waals surface area contributed by atoms with Crippen molar-refractivity contribution in [3.63, 3.8) is 0 Å². The van der Waals surface area contributed by atoms with Crippen LogP contribution in [0.2, 0.25) is 0 Å². The number of methoxy groups -OCH3 is 1. The maximum absolute atomic E-state index is 13.1. The van der Waals surface area contributed by atoms with Gasteiger partial charge in [-0.1, -0.05) is 36.4 Å². The number of pyridine rings is 1. The van der Waals surface area contributed by atoms with Crippen LogP contribution in [-0.2, 0) is 0 Å². The largest absolute Gasteiger partial charge is 0.497 e. The predicted octanol–water partition coefficient (Wildman–Crippen LogP) is 4.30. The minimum absolute atomic E-state index is 0.0114. The molecule has 1 amide bonds. The Kier molecular flexibility index (Phi) is 5.60. The highest BCUT2D eigenvalue weighted by Gasteiger charge is 2.27. The average Bonchev–Trinajstić information content (AvgIpc) is 2.88. The number of likely N-dealkylation sites (tertiary alicyclic amines) is 1. The predicted molar refractivity (Wildman–Crippen MR) is 128 cm³/mol. The second kappa shape index (κ2) is 8.86. The summed E-state index contributed by atoms with van der Waals surface area (Å²) in [6, 6.07) is 20.9.